The number of guanidine groups is 1. The van der Waals surface area contributed by atoms with Gasteiger partial charge in [0.1, 0.15) is 66.4 Å². The van der Waals surface area contributed by atoms with Gasteiger partial charge in [0.2, 0.25) is 94.5 Å². The lowest BCUT2D eigenvalue weighted by Crippen LogP contribution is -2.60. The van der Waals surface area contributed by atoms with Gasteiger partial charge in [-0.3, -0.25) is 91.8 Å². The Morgan fingerprint density at radius 3 is 1.59 bits per heavy atom. The number of pyridine rings is 1. The number of halogens is 1. The van der Waals surface area contributed by atoms with Crippen molar-refractivity contribution < 1.29 is 96.5 Å². The van der Waals surface area contributed by atoms with Crippen molar-refractivity contribution >= 4 is 157 Å². The van der Waals surface area contributed by atoms with Crippen LogP contribution in [0.15, 0.2) is 60.7 Å². The quantitative estimate of drug-likeness (QED) is 0.00989. The molecule has 3 heterocycles. The number of carbonyl (C=O) groups excluding carboxylic acids is 16. The highest BCUT2D eigenvalue weighted by Gasteiger charge is 2.43. The number of likely N-dealkylation sites (tertiary alicyclic amines) is 2. The number of aromatic hydroxyl groups is 1. The van der Waals surface area contributed by atoms with Crippen LogP contribution < -0.4 is 119 Å². The number of benzene rings is 3. The molecule has 1 saturated carbocycles. The monoisotopic (exact) mass is 2140 g/mol. The Bertz CT molecular complexity index is 5080. The summed E-state index contributed by atoms with van der Waals surface area (Å²) in [4.78, 5) is 240. The van der Waals surface area contributed by atoms with Crippen molar-refractivity contribution in [2.75, 3.05) is 110 Å². The fourth-order valence-corrected chi connectivity index (χ4v) is 19.4. The highest BCUT2D eigenvalue weighted by Crippen LogP contribution is 2.36. The van der Waals surface area contributed by atoms with E-state index in [-0.39, 0.29) is 163 Å². The Morgan fingerprint density at radius 2 is 1.02 bits per heavy atom. The number of unbranched alkanes of at least 4 members (excludes halogenated alkanes) is 14. The first kappa shape index (κ1) is 125. The number of ether oxygens (including phenoxy) is 1. The molecule has 45 nitrogen and oxygen atoms in total. The number of fused-ring (bicyclic) bond motifs is 2. The van der Waals surface area contributed by atoms with Crippen LogP contribution >= 0.6 is 23.4 Å². The smallest absolute Gasteiger partial charge is 0.322 e. The summed E-state index contributed by atoms with van der Waals surface area (Å²) in [7, 11) is 1.66. The van der Waals surface area contributed by atoms with Gasteiger partial charge >= 0.3 is 5.97 Å². The molecule has 0 radical (unpaired) electrons. The molecular formula is C103H162ClN25O20S. The van der Waals surface area contributed by atoms with E-state index in [1.807, 2.05) is 36.4 Å². The van der Waals surface area contributed by atoms with E-state index in [1.54, 1.807) is 21.0 Å². The van der Waals surface area contributed by atoms with Crippen molar-refractivity contribution in [1.82, 2.24) is 89.2 Å². The fraction of sp³-hybridized carbons (Fsp3) is 0.641. The molecule has 1 unspecified atom stereocenters. The number of carboxylic acids is 1. The minimum absolute atomic E-state index is 0.00433. The number of methoxy groups -OCH3 is 1. The Labute approximate surface area is 886 Å². The molecule has 832 valence electrons. The molecule has 16 amide bonds. The van der Waals surface area contributed by atoms with Gasteiger partial charge in [-0.15, -0.1) is 11.8 Å². The number of carboxylic acid groups (broad SMARTS) is 1. The van der Waals surface area contributed by atoms with E-state index < -0.39 is 174 Å². The summed E-state index contributed by atoms with van der Waals surface area (Å²) in [5.74, 6) is -12.3. The van der Waals surface area contributed by atoms with Crippen LogP contribution in [0.3, 0.4) is 0 Å². The van der Waals surface area contributed by atoms with Gasteiger partial charge in [0.05, 0.1) is 54.8 Å². The minimum atomic E-state index is -1.42. The third-order valence-electron chi connectivity index (χ3n) is 26.8. The van der Waals surface area contributed by atoms with E-state index in [2.05, 4.69) is 79.8 Å². The van der Waals surface area contributed by atoms with E-state index in [9.17, 15) is 86.6 Å². The maximum atomic E-state index is 14.8. The molecule has 1 aromatic heterocycles. The van der Waals surface area contributed by atoms with Crippen molar-refractivity contribution in [1.29, 1.82) is 5.41 Å². The Hall–Kier alpha value is -12.4. The molecule has 3 aliphatic rings. The lowest BCUT2D eigenvalue weighted by Gasteiger charge is -2.30. The van der Waals surface area contributed by atoms with Crippen LogP contribution in [0.2, 0.25) is 5.02 Å². The summed E-state index contributed by atoms with van der Waals surface area (Å²) in [6.45, 7) is 3.65. The predicted molar refractivity (Wildman–Crippen MR) is 572 cm³/mol. The number of rotatable bonds is 73. The number of imide groups is 1. The number of nitrogens with one attached hydrogen (secondary N) is 16. The molecule has 0 spiro atoms. The van der Waals surface area contributed by atoms with Crippen LogP contribution in [0.1, 0.15) is 238 Å². The summed E-state index contributed by atoms with van der Waals surface area (Å²) >= 11 is 7.35. The summed E-state index contributed by atoms with van der Waals surface area (Å²) in [6.07, 6.45) is 18.2. The normalized spacial score (nSPS) is 16.5. The molecule has 2 aliphatic heterocycles. The van der Waals surface area contributed by atoms with Crippen molar-refractivity contribution in [2.24, 2.45) is 52.2 Å². The molecule has 47 heteroatoms. The average molecular weight is 2140 g/mol. The molecule has 0 bridgehead atoms. The standard InChI is InChI=1S/C103H162ClN25O20S/c1-64(2)90(101(147)118-58-85(132)116-61-89(136)137)127-99(145)78(29-16-20-48-108)124-98(144)79(30-24-52-115-103(110)111)125-96(142)76(27-14-18-46-106)122-95(141)75(26-13-17-45-105)123-97(143)77(28-15-19-47-107)126-100(146)82-31-25-53-128(82)88(135)60-119-94(140)81(54-65-35-40-69(130)41-36-65)121-86(133)59-117-93(139)73(109)63-150-83-57-87(134)129(102(83)148)62-66-33-37-67(38-34-66)92(138)114-51-23-11-22-49-112-84(131)32-12-9-7-5-4-6-8-10-21-50-113-91-71-43-39-68(104)55-80(71)120-74-44-42-70(149-3)56-72(74)91/h35-36,39-44,55-56,64,66-67,73,75-79,81-83,90,130H,4-34,37-38,45-54,57-63,105-109H2,1-3H3,(H,112,131)(H,113,120)(H,114,138)(H,116,132)(H,117,139)(H,118,147)(H,119,140)(H,121,133)(H,122,141)(H,123,143)(H,124,144)(H,125,142)(H,126,146)(H,127,145)(H,136,137)(H4,110,111,115)/t66?,67?,73-,75-,76-,77-,78-,79-,81-,82-,83?,90-/m0/s1. The summed E-state index contributed by atoms with van der Waals surface area (Å²) in [5.41, 5.74) is 38.6. The Kier molecular flexibility index (Phi) is 56.8. The Balaban J connectivity index is 0.820. The van der Waals surface area contributed by atoms with Crippen LogP contribution in [0.5, 0.6) is 11.5 Å². The SMILES string of the molecule is COc1ccc2nc3cc(Cl)ccc3c(NCCCCCCCCCCCC(=O)NCCCCCNC(=O)C3CCC(CN4C(=O)CC(SC[C@H](N)C(=O)NCC(=O)N[C@@H](Cc5ccc(O)cc5)C(=O)NCC(=O)N5CCC[C@H]5C(=O)N[C@@H](CCCCN)C(=O)N[C@@H](CCCCN)C(=O)N[C@@H](CCCCN)C(=O)N[C@@H](CCCNC(=N)N)C(=O)N[C@@H](CCCCN)C(=O)N[C@H](C(=O)NCC(=O)NCC(=O)O)C(C)C)C4=O)CC3)c2c1. The molecule has 150 heavy (non-hydrogen) atoms. The summed E-state index contributed by atoms with van der Waals surface area (Å²) < 4.78 is 5.51. The molecule has 30 N–H and O–H groups in total. The van der Waals surface area contributed by atoms with Gasteiger partial charge in [-0.05, 0) is 253 Å². The second kappa shape index (κ2) is 68.4. The van der Waals surface area contributed by atoms with Crippen LogP contribution in [-0.4, -0.2) is 296 Å². The highest BCUT2D eigenvalue weighted by atomic mass is 35.5. The van der Waals surface area contributed by atoms with Crippen molar-refractivity contribution in [3.05, 3.63) is 71.2 Å². The third-order valence-corrected chi connectivity index (χ3v) is 28.3. The highest BCUT2D eigenvalue weighted by molar-refractivity contribution is 8.00. The number of amides is 16. The molecule has 2 saturated heterocycles. The average Bonchev–Trinajstić information content (AvgIpc) is 0.980. The maximum Gasteiger partial charge on any atom is 0.322 e. The third kappa shape index (κ3) is 44.7. The number of nitrogens with two attached hydrogens (primary N) is 6. The predicted octanol–water partition coefficient (Wildman–Crippen LogP) is 2.08. The molecule has 4 aromatic rings. The van der Waals surface area contributed by atoms with Gasteiger partial charge in [0.25, 0.3) is 0 Å². The van der Waals surface area contributed by atoms with Crippen molar-refractivity contribution in [2.45, 2.75) is 298 Å². The van der Waals surface area contributed by atoms with Gasteiger partial charge in [-0.2, -0.15) is 0 Å². The topological polar surface area (TPSA) is 720 Å². The maximum absolute atomic E-state index is 14.8. The number of carbonyl (C=O) groups is 17. The molecule has 10 atom stereocenters. The zero-order valence-electron chi connectivity index (χ0n) is 87.0. The molecular weight excluding hydrogens is 1970 g/mol. The molecule has 3 aromatic carbocycles. The van der Waals surface area contributed by atoms with Gasteiger partial charge in [-0.25, -0.2) is 4.98 Å². The zero-order chi connectivity index (χ0) is 109. The Morgan fingerprint density at radius 1 is 0.500 bits per heavy atom. The first-order chi connectivity index (χ1) is 72.0. The number of nitrogens with zero attached hydrogens (tertiary/aromatic N) is 3. The number of aliphatic carboxylic acids is 1. The molecule has 1 aliphatic carbocycles. The van der Waals surface area contributed by atoms with Gasteiger partial charge in [0, 0.05) is 86.0 Å². The first-order valence-corrected chi connectivity index (χ1v) is 54.4. The second-order valence-electron chi connectivity index (χ2n) is 39.0. The van der Waals surface area contributed by atoms with E-state index >= 15 is 0 Å². The van der Waals surface area contributed by atoms with Crippen molar-refractivity contribution in [3.63, 3.8) is 0 Å². The number of phenolic OH excluding ortho intramolecular Hbond substituents is 1. The van der Waals surface area contributed by atoms with Crippen LogP contribution in [0.4, 0.5) is 5.69 Å². The summed E-state index contributed by atoms with van der Waals surface area (Å²) in [6, 6.07) is 5.54. The number of phenols is 1. The van der Waals surface area contributed by atoms with Crippen LogP contribution in [0.25, 0.3) is 21.8 Å². The largest absolute Gasteiger partial charge is 0.508 e. The van der Waals surface area contributed by atoms with Crippen LogP contribution in [-0.2, 0) is 87.9 Å². The number of hydrogen-bond acceptors (Lipinski definition) is 28. The fourth-order valence-electron chi connectivity index (χ4n) is 18.2. The van der Waals surface area contributed by atoms with Gasteiger partial charge in [-0.1, -0.05) is 82.5 Å². The van der Waals surface area contributed by atoms with E-state index in [4.69, 9.17) is 66.2 Å². The van der Waals surface area contributed by atoms with E-state index in [0.29, 0.717) is 101 Å². The lowest BCUT2D eigenvalue weighted by molar-refractivity contribution is -0.140. The van der Waals surface area contributed by atoms with Gasteiger partial charge in [0.15, 0.2) is 5.96 Å². The second-order valence-corrected chi connectivity index (χ2v) is 40.7. The van der Waals surface area contributed by atoms with E-state index in [0.717, 1.165) is 109 Å². The van der Waals surface area contributed by atoms with Crippen LogP contribution in [0, 0.1) is 23.2 Å². The van der Waals surface area contributed by atoms with Gasteiger partial charge < -0.3 is 134 Å². The summed E-state index contributed by atoms with van der Waals surface area (Å²) in [5, 5.41) is 69.4. The molecule has 3 fully saturated rings. The zero-order valence-corrected chi connectivity index (χ0v) is 88.5. The molecule has 7 rings (SSSR count). The number of aromatic nitrogens is 1. The van der Waals surface area contributed by atoms with Crippen molar-refractivity contribution in [3.8, 4) is 11.5 Å². The first-order valence-electron chi connectivity index (χ1n) is 53.0. The number of hydrogen-bond donors (Lipinski definition) is 24. The number of anilines is 1. The minimum Gasteiger partial charge on any atom is -0.508 e. The lowest BCUT2D eigenvalue weighted by atomic mass is 9.81. The number of thioether (sulfide) groups is 1. The van der Waals surface area contributed by atoms with E-state index in [1.165, 1.54) is 53.3 Å².